The SMILES string of the molecule is Cc1cc(Nc2nccc(C(F)(F)F)n2)cc(-c2cnc(C3(C(=O)NCCN4CCCCC4=O)CCCCC3)s2)c1. The summed E-state index contributed by atoms with van der Waals surface area (Å²) in [6, 6.07) is 6.42. The fourth-order valence-electron chi connectivity index (χ4n) is 5.60. The first-order valence-electron chi connectivity index (χ1n) is 14.0. The lowest BCUT2D eigenvalue weighted by atomic mass is 9.73. The molecule has 1 saturated carbocycles. The molecule has 3 heterocycles. The molecule has 2 fully saturated rings. The second-order valence-corrected chi connectivity index (χ2v) is 11.8. The molecule has 12 heteroatoms. The van der Waals surface area contributed by atoms with E-state index in [-0.39, 0.29) is 17.8 Å². The van der Waals surface area contributed by atoms with Crippen LogP contribution in [-0.4, -0.2) is 51.3 Å². The molecule has 2 aliphatic rings. The minimum atomic E-state index is -4.57. The normalized spacial score (nSPS) is 17.4. The molecule has 0 bridgehead atoms. The molecule has 5 rings (SSSR count). The second-order valence-electron chi connectivity index (χ2n) is 10.7. The Kier molecular flexibility index (Phi) is 8.58. The highest BCUT2D eigenvalue weighted by Crippen LogP contribution is 2.43. The third-order valence-corrected chi connectivity index (χ3v) is 8.96. The number of benzene rings is 1. The molecule has 2 amide bonds. The second kappa shape index (κ2) is 12.1. The Morgan fingerprint density at radius 1 is 1.10 bits per heavy atom. The molecule has 0 unspecified atom stereocenters. The zero-order chi connectivity index (χ0) is 29.0. The number of hydrogen-bond donors (Lipinski definition) is 2. The van der Waals surface area contributed by atoms with E-state index in [2.05, 4.69) is 20.6 Å². The van der Waals surface area contributed by atoms with Crippen molar-refractivity contribution in [3.05, 3.63) is 52.9 Å². The average Bonchev–Trinajstić information content (AvgIpc) is 3.45. The summed E-state index contributed by atoms with van der Waals surface area (Å²) >= 11 is 1.47. The molecule has 218 valence electrons. The first-order valence-corrected chi connectivity index (χ1v) is 14.8. The summed E-state index contributed by atoms with van der Waals surface area (Å²) in [5.41, 5.74) is 0.534. The van der Waals surface area contributed by atoms with Crippen LogP contribution in [0.4, 0.5) is 24.8 Å². The van der Waals surface area contributed by atoms with Crippen molar-refractivity contribution in [3.63, 3.8) is 0 Å². The van der Waals surface area contributed by atoms with Gasteiger partial charge in [-0.3, -0.25) is 9.59 Å². The maximum atomic E-state index is 13.6. The van der Waals surface area contributed by atoms with Crippen molar-refractivity contribution in [3.8, 4) is 10.4 Å². The van der Waals surface area contributed by atoms with Crippen LogP contribution in [0.2, 0.25) is 0 Å². The number of anilines is 2. The molecule has 2 aromatic heterocycles. The fourth-order valence-corrected chi connectivity index (χ4v) is 6.74. The molecular formula is C29H33F3N6O2S. The van der Waals surface area contributed by atoms with Crippen molar-refractivity contribution in [2.24, 2.45) is 0 Å². The number of likely N-dealkylation sites (tertiary alicyclic amines) is 1. The summed E-state index contributed by atoms with van der Waals surface area (Å²) in [5, 5.41) is 6.75. The molecule has 41 heavy (non-hydrogen) atoms. The Hall–Kier alpha value is -3.54. The first-order chi connectivity index (χ1) is 19.6. The molecule has 1 aliphatic heterocycles. The number of nitrogens with one attached hydrogen (secondary N) is 2. The van der Waals surface area contributed by atoms with Crippen molar-refractivity contribution < 1.29 is 22.8 Å². The van der Waals surface area contributed by atoms with Gasteiger partial charge in [-0.1, -0.05) is 25.3 Å². The number of rotatable bonds is 8. The summed E-state index contributed by atoms with van der Waals surface area (Å²) < 4.78 is 39.3. The first kappa shape index (κ1) is 29.0. The lowest BCUT2D eigenvalue weighted by Gasteiger charge is -2.34. The van der Waals surface area contributed by atoms with Gasteiger partial charge < -0.3 is 15.5 Å². The van der Waals surface area contributed by atoms with E-state index >= 15 is 0 Å². The zero-order valence-electron chi connectivity index (χ0n) is 22.9. The predicted molar refractivity (Wildman–Crippen MR) is 151 cm³/mol. The summed E-state index contributed by atoms with van der Waals surface area (Å²) in [6.07, 6.45) is 5.11. The Labute approximate surface area is 240 Å². The van der Waals surface area contributed by atoms with Crippen LogP contribution in [0.25, 0.3) is 10.4 Å². The van der Waals surface area contributed by atoms with E-state index in [9.17, 15) is 22.8 Å². The molecular weight excluding hydrogens is 553 g/mol. The number of carbonyl (C=O) groups excluding carboxylic acids is 2. The Morgan fingerprint density at radius 3 is 2.66 bits per heavy atom. The molecule has 1 aliphatic carbocycles. The van der Waals surface area contributed by atoms with Crippen LogP contribution >= 0.6 is 11.3 Å². The minimum absolute atomic E-state index is 0.0455. The monoisotopic (exact) mass is 586 g/mol. The van der Waals surface area contributed by atoms with Crippen LogP contribution in [0.5, 0.6) is 0 Å². The molecule has 1 saturated heterocycles. The Balaban J connectivity index is 1.34. The van der Waals surface area contributed by atoms with Gasteiger partial charge in [0, 0.05) is 44.1 Å². The number of nitrogens with zero attached hydrogens (tertiary/aromatic N) is 4. The molecule has 0 atom stereocenters. The molecule has 0 spiro atoms. The maximum Gasteiger partial charge on any atom is 0.433 e. The van der Waals surface area contributed by atoms with E-state index in [1.165, 1.54) is 11.3 Å². The Morgan fingerprint density at radius 2 is 1.90 bits per heavy atom. The summed E-state index contributed by atoms with van der Waals surface area (Å²) in [5.74, 6) is -0.0459. The van der Waals surface area contributed by atoms with Gasteiger partial charge in [-0.15, -0.1) is 11.3 Å². The quantitative estimate of drug-likeness (QED) is 0.336. The zero-order valence-corrected chi connectivity index (χ0v) is 23.7. The molecule has 3 aromatic rings. The highest BCUT2D eigenvalue weighted by Gasteiger charge is 2.43. The smallest absolute Gasteiger partial charge is 0.353 e. The number of aromatic nitrogens is 3. The number of alkyl halides is 3. The van der Waals surface area contributed by atoms with Gasteiger partial charge in [0.2, 0.25) is 17.8 Å². The third kappa shape index (κ3) is 6.69. The van der Waals surface area contributed by atoms with E-state index in [0.717, 1.165) is 71.9 Å². The van der Waals surface area contributed by atoms with Crippen molar-refractivity contribution in [1.82, 2.24) is 25.2 Å². The molecule has 1 aromatic carbocycles. The van der Waals surface area contributed by atoms with Crippen LogP contribution in [0.3, 0.4) is 0 Å². The van der Waals surface area contributed by atoms with Crippen LogP contribution in [0, 0.1) is 6.92 Å². The van der Waals surface area contributed by atoms with Gasteiger partial charge in [-0.2, -0.15) is 13.2 Å². The summed E-state index contributed by atoms with van der Waals surface area (Å²) in [7, 11) is 0. The Bertz CT molecular complexity index is 1400. The topological polar surface area (TPSA) is 100 Å². The van der Waals surface area contributed by atoms with Crippen LogP contribution in [0.1, 0.15) is 67.6 Å². The van der Waals surface area contributed by atoms with Crippen LogP contribution < -0.4 is 10.6 Å². The van der Waals surface area contributed by atoms with E-state index in [0.29, 0.717) is 38.0 Å². The van der Waals surface area contributed by atoms with E-state index in [4.69, 9.17) is 4.98 Å². The number of amides is 2. The standard InChI is InChI=1S/C29H33F3N6O2S/c1-19-15-20(17-21(16-19)36-27-34-11-8-23(37-27)29(30,31)32)22-18-35-26(41-22)28(9-4-2-5-10-28)25(40)33-12-14-38-13-6-3-7-24(38)39/h8,11,15-18H,2-7,9-10,12-14H2,1H3,(H,33,40)(H,34,36,37). The highest BCUT2D eigenvalue weighted by atomic mass is 32.1. The summed E-state index contributed by atoms with van der Waals surface area (Å²) in [6.45, 7) is 3.56. The lowest BCUT2D eigenvalue weighted by molar-refractivity contribution is -0.141. The van der Waals surface area contributed by atoms with Crippen molar-refractivity contribution in [2.45, 2.75) is 69.9 Å². The fraction of sp³-hybridized carbons (Fsp3) is 0.483. The number of carbonyl (C=O) groups is 2. The van der Waals surface area contributed by atoms with Crippen molar-refractivity contribution in [2.75, 3.05) is 25.0 Å². The van der Waals surface area contributed by atoms with Gasteiger partial charge in [0.15, 0.2) is 0 Å². The average molecular weight is 587 g/mol. The number of aryl methyl sites for hydroxylation is 1. The third-order valence-electron chi connectivity index (χ3n) is 7.71. The number of hydrogen-bond acceptors (Lipinski definition) is 7. The number of thiazole rings is 1. The lowest BCUT2D eigenvalue weighted by Crippen LogP contribution is -2.48. The van der Waals surface area contributed by atoms with Crippen molar-refractivity contribution >= 4 is 34.8 Å². The number of halogens is 3. The van der Waals surface area contributed by atoms with E-state index < -0.39 is 17.3 Å². The van der Waals surface area contributed by atoms with Crippen molar-refractivity contribution in [1.29, 1.82) is 0 Å². The molecule has 8 nitrogen and oxygen atoms in total. The molecule has 0 radical (unpaired) electrons. The maximum absolute atomic E-state index is 13.6. The van der Waals surface area contributed by atoms with E-state index in [1.807, 2.05) is 24.0 Å². The predicted octanol–water partition coefficient (Wildman–Crippen LogP) is 6.00. The van der Waals surface area contributed by atoms with Gasteiger partial charge in [0.05, 0.1) is 4.88 Å². The van der Waals surface area contributed by atoms with Crippen LogP contribution in [0.15, 0.2) is 36.7 Å². The van der Waals surface area contributed by atoms with Gasteiger partial charge in [-0.05, 0) is 61.9 Å². The van der Waals surface area contributed by atoms with Gasteiger partial charge in [0.1, 0.15) is 16.1 Å². The van der Waals surface area contributed by atoms with Gasteiger partial charge >= 0.3 is 6.18 Å². The largest absolute Gasteiger partial charge is 0.433 e. The van der Waals surface area contributed by atoms with Crippen LogP contribution in [-0.2, 0) is 21.2 Å². The van der Waals surface area contributed by atoms with Gasteiger partial charge in [0.25, 0.3) is 0 Å². The van der Waals surface area contributed by atoms with Gasteiger partial charge in [-0.25, -0.2) is 15.0 Å². The summed E-state index contributed by atoms with van der Waals surface area (Å²) in [4.78, 5) is 40.7. The van der Waals surface area contributed by atoms with E-state index in [1.54, 1.807) is 12.3 Å². The minimum Gasteiger partial charge on any atom is -0.353 e. The highest BCUT2D eigenvalue weighted by molar-refractivity contribution is 7.15. The number of piperidine rings is 1. The molecule has 2 N–H and O–H groups in total.